The van der Waals surface area contributed by atoms with E-state index < -0.39 is 50.5 Å². The molecule has 1 heterocycles. The monoisotopic (exact) mass is 532 g/mol. The number of halogens is 1. The third kappa shape index (κ3) is 6.12. The van der Waals surface area contributed by atoms with E-state index in [0.717, 1.165) is 23.3 Å². The lowest BCUT2D eigenvalue weighted by molar-refractivity contribution is 0.0807. The molecule has 4 N–H and O–H groups in total. The Hall–Kier alpha value is -4.26. The van der Waals surface area contributed by atoms with E-state index in [4.69, 9.17) is 0 Å². The second kappa shape index (κ2) is 10.4. The Morgan fingerprint density at radius 1 is 1.08 bits per heavy atom. The Labute approximate surface area is 212 Å². The van der Waals surface area contributed by atoms with Gasteiger partial charge >= 0.3 is 6.09 Å². The summed E-state index contributed by atoms with van der Waals surface area (Å²) in [6.45, 7) is 2.50. The number of aromatic nitrogens is 2. The van der Waals surface area contributed by atoms with E-state index in [1.165, 1.54) is 19.9 Å². The van der Waals surface area contributed by atoms with Gasteiger partial charge in [-0.2, -0.15) is 4.98 Å². The van der Waals surface area contributed by atoms with Gasteiger partial charge in [0.15, 0.2) is 21.4 Å². The van der Waals surface area contributed by atoms with Gasteiger partial charge in [-0.15, -0.1) is 0 Å². The molecular formula is C24H25FN4O7S. The average molecular weight is 533 g/mol. The van der Waals surface area contributed by atoms with Crippen LogP contribution in [-0.2, 0) is 28.5 Å². The minimum Gasteiger partial charge on any atom is -0.501 e. The fraction of sp³-hybridized carbons (Fsp3) is 0.250. The number of benzene rings is 2. The lowest BCUT2D eigenvalue weighted by atomic mass is 10.0. The summed E-state index contributed by atoms with van der Waals surface area (Å²) in [5.74, 6) is -3.97. The molecule has 0 saturated carbocycles. The molecule has 0 atom stereocenters. The molecule has 11 nitrogen and oxygen atoms in total. The minimum absolute atomic E-state index is 0.0610. The van der Waals surface area contributed by atoms with Crippen molar-refractivity contribution in [2.24, 2.45) is 0 Å². The number of carbonyl (C=O) groups excluding carboxylic acids is 1. The Bertz CT molecular complexity index is 1450. The number of rotatable bonds is 8. The van der Waals surface area contributed by atoms with E-state index in [-0.39, 0.29) is 29.4 Å². The summed E-state index contributed by atoms with van der Waals surface area (Å²) >= 11 is 0. The molecule has 3 aromatic rings. The molecule has 0 fully saturated rings. The number of amides is 2. The lowest BCUT2D eigenvalue weighted by Crippen LogP contribution is -2.45. The van der Waals surface area contributed by atoms with Gasteiger partial charge in [-0.25, -0.2) is 22.6 Å². The van der Waals surface area contributed by atoms with E-state index in [2.05, 4.69) is 15.3 Å². The van der Waals surface area contributed by atoms with Crippen molar-refractivity contribution in [3.05, 3.63) is 77.0 Å². The molecule has 37 heavy (non-hydrogen) atoms. The van der Waals surface area contributed by atoms with Crippen LogP contribution >= 0.6 is 0 Å². The molecule has 0 aliphatic heterocycles. The van der Waals surface area contributed by atoms with Gasteiger partial charge < -0.3 is 20.6 Å². The van der Waals surface area contributed by atoms with Crippen LogP contribution in [0.15, 0.2) is 53.4 Å². The first-order chi connectivity index (χ1) is 17.2. The van der Waals surface area contributed by atoms with Gasteiger partial charge in [0.25, 0.3) is 11.8 Å². The first kappa shape index (κ1) is 27.3. The van der Waals surface area contributed by atoms with Gasteiger partial charge in [-0.3, -0.25) is 9.69 Å². The van der Waals surface area contributed by atoms with E-state index in [0.29, 0.717) is 5.56 Å². The van der Waals surface area contributed by atoms with Crippen LogP contribution < -0.4 is 5.32 Å². The fourth-order valence-corrected chi connectivity index (χ4v) is 4.49. The number of nitrogens with one attached hydrogen (secondary N) is 1. The Morgan fingerprint density at radius 3 is 2.32 bits per heavy atom. The second-order valence-electron chi connectivity index (χ2n) is 8.69. The Kier molecular flexibility index (Phi) is 7.67. The highest BCUT2D eigenvalue weighted by atomic mass is 32.2. The molecule has 0 unspecified atom stereocenters. The maximum atomic E-state index is 13.6. The lowest BCUT2D eigenvalue weighted by Gasteiger charge is -2.35. The van der Waals surface area contributed by atoms with Crippen LogP contribution in [0.2, 0.25) is 0 Å². The molecule has 0 aliphatic rings. The highest BCUT2D eigenvalue weighted by Crippen LogP contribution is 2.33. The van der Waals surface area contributed by atoms with Crippen LogP contribution in [0, 0.1) is 5.82 Å². The molecule has 0 radical (unpaired) electrons. The average Bonchev–Trinajstić information content (AvgIpc) is 2.82. The SMILES string of the molecule is CC(C)(c1nc(O)c(O)c(C(=O)NCc2ccc(F)cc2S(C)(=O)=O)n1)N(Cc1ccccc1)C(=O)O. The predicted molar refractivity (Wildman–Crippen MR) is 129 cm³/mol. The summed E-state index contributed by atoms with van der Waals surface area (Å²) in [5.41, 5.74) is -1.39. The number of sulfone groups is 1. The number of nitrogens with zero attached hydrogens (tertiary/aromatic N) is 3. The van der Waals surface area contributed by atoms with Crippen molar-refractivity contribution in [1.82, 2.24) is 20.2 Å². The van der Waals surface area contributed by atoms with Gasteiger partial charge in [0.05, 0.1) is 11.4 Å². The first-order valence-electron chi connectivity index (χ1n) is 10.8. The number of carboxylic acid groups (broad SMARTS) is 1. The first-order valence-corrected chi connectivity index (χ1v) is 12.7. The van der Waals surface area contributed by atoms with Gasteiger partial charge in [-0.05, 0) is 37.1 Å². The standard InChI is InChI=1S/C24H25FN4O7S/c1-24(2,29(23(33)34)13-14-7-5-4-6-8-14)22-27-18(19(30)21(32)28-22)20(31)26-12-15-9-10-16(25)11-17(15)37(3,35)36/h4-11,30H,12-13H2,1-3H3,(H,26,31)(H,33,34)(H,27,28,32). The quantitative estimate of drug-likeness (QED) is 0.341. The molecule has 0 aliphatic carbocycles. The molecule has 2 amide bonds. The summed E-state index contributed by atoms with van der Waals surface area (Å²) < 4.78 is 37.6. The van der Waals surface area contributed by atoms with Crippen LogP contribution in [-0.4, -0.2) is 56.9 Å². The summed E-state index contributed by atoms with van der Waals surface area (Å²) in [6, 6.07) is 11.7. The molecule has 0 spiro atoms. The van der Waals surface area contributed by atoms with Crippen molar-refractivity contribution in [3.8, 4) is 11.6 Å². The zero-order chi connectivity index (χ0) is 27.5. The molecule has 2 aromatic carbocycles. The molecule has 13 heteroatoms. The third-order valence-corrected chi connectivity index (χ3v) is 6.76. The third-order valence-electron chi connectivity index (χ3n) is 5.59. The minimum atomic E-state index is -3.82. The maximum Gasteiger partial charge on any atom is 0.408 e. The molecule has 3 rings (SSSR count). The van der Waals surface area contributed by atoms with E-state index >= 15 is 0 Å². The van der Waals surface area contributed by atoms with Gasteiger partial charge in [0, 0.05) is 12.8 Å². The van der Waals surface area contributed by atoms with Crippen LogP contribution in [0.4, 0.5) is 9.18 Å². The zero-order valence-corrected chi connectivity index (χ0v) is 21.0. The van der Waals surface area contributed by atoms with Crippen molar-refractivity contribution in [2.75, 3.05) is 6.26 Å². The molecule has 1 aromatic heterocycles. The van der Waals surface area contributed by atoms with Crippen LogP contribution in [0.5, 0.6) is 11.6 Å². The highest BCUT2D eigenvalue weighted by molar-refractivity contribution is 7.90. The van der Waals surface area contributed by atoms with E-state index in [1.807, 2.05) is 0 Å². The number of aromatic hydroxyl groups is 2. The van der Waals surface area contributed by atoms with E-state index in [1.54, 1.807) is 30.3 Å². The highest BCUT2D eigenvalue weighted by Gasteiger charge is 2.37. The van der Waals surface area contributed by atoms with Crippen LogP contribution in [0.25, 0.3) is 0 Å². The second-order valence-corrected chi connectivity index (χ2v) is 10.7. The number of carbonyl (C=O) groups is 2. The summed E-state index contributed by atoms with van der Waals surface area (Å²) in [7, 11) is -3.82. The van der Waals surface area contributed by atoms with Crippen molar-refractivity contribution in [2.45, 2.75) is 37.4 Å². The van der Waals surface area contributed by atoms with Crippen molar-refractivity contribution >= 4 is 21.8 Å². The van der Waals surface area contributed by atoms with Gasteiger partial charge in [-0.1, -0.05) is 36.4 Å². The predicted octanol–water partition coefficient (Wildman–Crippen LogP) is 2.78. The summed E-state index contributed by atoms with van der Waals surface area (Å²) in [4.78, 5) is 33.5. The topological polar surface area (TPSA) is 170 Å². The number of hydrogen-bond acceptors (Lipinski definition) is 8. The zero-order valence-electron chi connectivity index (χ0n) is 20.1. The molecule has 196 valence electrons. The van der Waals surface area contributed by atoms with Crippen LogP contribution in [0.1, 0.15) is 41.3 Å². The Morgan fingerprint density at radius 2 is 1.73 bits per heavy atom. The Balaban J connectivity index is 1.94. The summed E-state index contributed by atoms with van der Waals surface area (Å²) in [6.07, 6.45) is -0.431. The normalized spacial score (nSPS) is 11.7. The van der Waals surface area contributed by atoms with Crippen molar-refractivity contribution in [3.63, 3.8) is 0 Å². The maximum absolute atomic E-state index is 13.6. The van der Waals surface area contributed by atoms with Gasteiger partial charge in [0.2, 0.25) is 5.75 Å². The van der Waals surface area contributed by atoms with Crippen molar-refractivity contribution < 1.29 is 37.7 Å². The van der Waals surface area contributed by atoms with Gasteiger partial charge in [0.1, 0.15) is 11.4 Å². The molecular weight excluding hydrogens is 507 g/mol. The van der Waals surface area contributed by atoms with Crippen LogP contribution in [0.3, 0.4) is 0 Å². The molecule has 0 saturated heterocycles. The number of hydrogen-bond donors (Lipinski definition) is 4. The molecule has 0 bridgehead atoms. The summed E-state index contributed by atoms with van der Waals surface area (Å²) in [5, 5.41) is 32.7. The van der Waals surface area contributed by atoms with Crippen molar-refractivity contribution in [1.29, 1.82) is 0 Å². The largest absolute Gasteiger partial charge is 0.501 e. The van der Waals surface area contributed by atoms with E-state index in [9.17, 15) is 37.7 Å². The fourth-order valence-electron chi connectivity index (χ4n) is 3.54. The smallest absolute Gasteiger partial charge is 0.408 e.